The van der Waals surface area contributed by atoms with Gasteiger partial charge in [-0.05, 0) is 33.6 Å². The lowest BCUT2D eigenvalue weighted by atomic mass is 10.2. The molecule has 4 heteroatoms. The largest absolute Gasteiger partial charge is 0.219 e. The molecule has 0 saturated carbocycles. The van der Waals surface area contributed by atoms with Crippen molar-refractivity contribution in [3.8, 4) is 0 Å². The first kappa shape index (κ1) is 12.0. The Bertz CT molecular complexity index is 293. The zero-order chi connectivity index (χ0) is 11.1. The van der Waals surface area contributed by atoms with Crippen molar-refractivity contribution in [2.24, 2.45) is 0 Å². The van der Waals surface area contributed by atoms with Crippen molar-refractivity contribution in [2.75, 3.05) is 0 Å². The topological polar surface area (TPSA) is 37.1 Å². The van der Waals surface area contributed by atoms with E-state index in [4.69, 9.17) is 0 Å². The molecule has 0 bridgehead atoms. The molecule has 0 aromatic rings. The molecule has 0 N–H and O–H groups in total. The van der Waals surface area contributed by atoms with Crippen LogP contribution in [-0.2, 0) is 10.0 Å². The van der Waals surface area contributed by atoms with E-state index in [0.717, 1.165) is 12.8 Å². The number of rotatable bonds is 3. The summed E-state index contributed by atoms with van der Waals surface area (Å²) in [5.41, 5.74) is 0. The standard InChI is InChI=1S/C10H21NO2S/c1-6-8-9(7-2)11(8)14(12,13)10(3,4)5/h8-9H,6-7H2,1-5H3. The van der Waals surface area contributed by atoms with Crippen molar-refractivity contribution < 1.29 is 8.42 Å². The maximum atomic E-state index is 12.1. The van der Waals surface area contributed by atoms with Gasteiger partial charge in [0.15, 0.2) is 0 Å². The van der Waals surface area contributed by atoms with Crippen molar-refractivity contribution >= 4 is 10.0 Å². The van der Waals surface area contributed by atoms with Crippen LogP contribution in [0.25, 0.3) is 0 Å². The summed E-state index contributed by atoms with van der Waals surface area (Å²) >= 11 is 0. The summed E-state index contributed by atoms with van der Waals surface area (Å²) < 4.78 is 25.2. The highest BCUT2D eigenvalue weighted by Crippen LogP contribution is 2.40. The minimum atomic E-state index is -3.09. The van der Waals surface area contributed by atoms with Gasteiger partial charge in [-0.2, -0.15) is 4.31 Å². The van der Waals surface area contributed by atoms with Gasteiger partial charge >= 0.3 is 0 Å². The summed E-state index contributed by atoms with van der Waals surface area (Å²) in [4.78, 5) is 0. The molecule has 1 aliphatic rings. The van der Waals surface area contributed by atoms with Gasteiger partial charge in [-0.15, -0.1) is 0 Å². The van der Waals surface area contributed by atoms with Gasteiger partial charge in [0.2, 0.25) is 10.0 Å². The Kier molecular flexibility index (Phi) is 2.99. The minimum Gasteiger partial charge on any atom is -0.212 e. The lowest BCUT2D eigenvalue weighted by Gasteiger charge is -2.20. The van der Waals surface area contributed by atoms with Crippen molar-refractivity contribution in [1.82, 2.24) is 4.31 Å². The number of nitrogens with zero attached hydrogens (tertiary/aromatic N) is 1. The third kappa shape index (κ3) is 1.70. The molecule has 0 amide bonds. The Labute approximate surface area is 87.5 Å². The first-order valence-electron chi connectivity index (χ1n) is 5.30. The molecule has 1 fully saturated rings. The molecule has 0 radical (unpaired) electrons. The van der Waals surface area contributed by atoms with E-state index in [1.807, 2.05) is 13.8 Å². The summed E-state index contributed by atoms with van der Waals surface area (Å²) in [5, 5.41) is 0. The molecule has 1 rings (SSSR count). The van der Waals surface area contributed by atoms with E-state index in [1.165, 1.54) is 0 Å². The predicted molar refractivity (Wildman–Crippen MR) is 58.7 cm³/mol. The number of hydrogen-bond donors (Lipinski definition) is 0. The average molecular weight is 219 g/mol. The van der Waals surface area contributed by atoms with Crippen LogP contribution in [0.15, 0.2) is 0 Å². The van der Waals surface area contributed by atoms with Crippen LogP contribution >= 0.6 is 0 Å². The average Bonchev–Trinajstić information content (AvgIpc) is 2.75. The second-order valence-electron chi connectivity index (χ2n) is 4.90. The van der Waals surface area contributed by atoms with Crippen molar-refractivity contribution in [3.63, 3.8) is 0 Å². The molecule has 0 aromatic carbocycles. The molecule has 0 aliphatic carbocycles. The van der Waals surface area contributed by atoms with E-state index in [-0.39, 0.29) is 12.1 Å². The van der Waals surface area contributed by atoms with E-state index >= 15 is 0 Å². The van der Waals surface area contributed by atoms with Crippen LogP contribution in [0.1, 0.15) is 47.5 Å². The summed E-state index contributed by atoms with van der Waals surface area (Å²) in [5.74, 6) is 0. The Hall–Kier alpha value is -0.0900. The lowest BCUT2D eigenvalue weighted by Crippen LogP contribution is -2.35. The van der Waals surface area contributed by atoms with E-state index in [9.17, 15) is 8.42 Å². The maximum Gasteiger partial charge on any atom is 0.219 e. The molecule has 0 aromatic heterocycles. The van der Waals surface area contributed by atoms with Gasteiger partial charge in [-0.3, -0.25) is 0 Å². The fourth-order valence-corrected chi connectivity index (χ4v) is 3.76. The quantitative estimate of drug-likeness (QED) is 0.681. The van der Waals surface area contributed by atoms with E-state index in [2.05, 4.69) is 0 Å². The molecular formula is C10H21NO2S. The summed E-state index contributed by atoms with van der Waals surface area (Å²) in [7, 11) is -3.09. The molecule has 1 aliphatic heterocycles. The van der Waals surface area contributed by atoms with Gasteiger partial charge < -0.3 is 0 Å². The Morgan fingerprint density at radius 2 is 1.43 bits per heavy atom. The second kappa shape index (κ2) is 3.49. The second-order valence-corrected chi connectivity index (χ2v) is 7.50. The highest BCUT2D eigenvalue weighted by molar-refractivity contribution is 7.90. The van der Waals surface area contributed by atoms with E-state index in [0.29, 0.717) is 0 Å². The monoisotopic (exact) mass is 219 g/mol. The van der Waals surface area contributed by atoms with Gasteiger partial charge in [0.25, 0.3) is 0 Å². The van der Waals surface area contributed by atoms with Crippen LogP contribution in [0.4, 0.5) is 0 Å². The minimum absolute atomic E-state index is 0.254. The summed E-state index contributed by atoms with van der Waals surface area (Å²) in [6, 6.07) is 0.508. The zero-order valence-corrected chi connectivity index (χ0v) is 10.6. The highest BCUT2D eigenvalue weighted by Gasteiger charge is 2.55. The number of sulfonamides is 1. The normalized spacial score (nSPS) is 33.1. The third-order valence-electron chi connectivity index (χ3n) is 2.90. The van der Waals surface area contributed by atoms with Crippen molar-refractivity contribution in [2.45, 2.75) is 64.3 Å². The summed E-state index contributed by atoms with van der Waals surface area (Å²) in [6.45, 7) is 9.39. The first-order valence-corrected chi connectivity index (χ1v) is 6.74. The fraction of sp³-hybridized carbons (Fsp3) is 1.00. The molecule has 0 spiro atoms. The van der Waals surface area contributed by atoms with Crippen LogP contribution in [0.5, 0.6) is 0 Å². The van der Waals surface area contributed by atoms with Gasteiger partial charge in [0.1, 0.15) is 0 Å². The van der Waals surface area contributed by atoms with E-state index in [1.54, 1.807) is 25.1 Å². The fourth-order valence-electron chi connectivity index (χ4n) is 1.89. The Balaban J connectivity index is 2.88. The molecule has 2 unspecified atom stereocenters. The Morgan fingerprint density at radius 3 is 1.64 bits per heavy atom. The van der Waals surface area contributed by atoms with Crippen molar-refractivity contribution in [1.29, 1.82) is 0 Å². The predicted octanol–water partition coefficient (Wildman–Crippen LogP) is 1.99. The molecule has 1 heterocycles. The zero-order valence-electron chi connectivity index (χ0n) is 9.74. The molecule has 3 nitrogen and oxygen atoms in total. The van der Waals surface area contributed by atoms with Crippen LogP contribution < -0.4 is 0 Å². The van der Waals surface area contributed by atoms with Crippen molar-refractivity contribution in [3.05, 3.63) is 0 Å². The molecule has 14 heavy (non-hydrogen) atoms. The van der Waals surface area contributed by atoms with Gasteiger partial charge in [0, 0.05) is 12.1 Å². The van der Waals surface area contributed by atoms with Gasteiger partial charge in [-0.25, -0.2) is 8.42 Å². The third-order valence-corrected chi connectivity index (χ3v) is 5.54. The SMILES string of the molecule is CCC1C(CC)N1S(=O)(=O)C(C)(C)C. The van der Waals surface area contributed by atoms with Gasteiger partial charge in [0.05, 0.1) is 4.75 Å². The van der Waals surface area contributed by atoms with Crippen LogP contribution in [-0.4, -0.2) is 29.6 Å². The maximum absolute atomic E-state index is 12.1. The molecule has 2 atom stereocenters. The van der Waals surface area contributed by atoms with Crippen LogP contribution in [0, 0.1) is 0 Å². The lowest BCUT2D eigenvalue weighted by molar-refractivity contribution is 0.506. The molecule has 1 saturated heterocycles. The number of hydrogen-bond acceptors (Lipinski definition) is 2. The van der Waals surface area contributed by atoms with Crippen LogP contribution in [0.2, 0.25) is 0 Å². The Morgan fingerprint density at radius 1 is 1.07 bits per heavy atom. The first-order chi connectivity index (χ1) is 6.27. The van der Waals surface area contributed by atoms with E-state index < -0.39 is 14.8 Å². The van der Waals surface area contributed by atoms with Crippen LogP contribution in [0.3, 0.4) is 0 Å². The molecule has 84 valence electrons. The molecular weight excluding hydrogens is 198 g/mol. The highest BCUT2D eigenvalue weighted by atomic mass is 32.2. The van der Waals surface area contributed by atoms with Gasteiger partial charge in [-0.1, -0.05) is 13.8 Å². The smallest absolute Gasteiger partial charge is 0.212 e. The summed E-state index contributed by atoms with van der Waals surface area (Å²) in [6.07, 6.45) is 1.85.